The van der Waals surface area contributed by atoms with E-state index in [4.69, 9.17) is 5.73 Å². The Morgan fingerprint density at radius 1 is 1.04 bits per heavy atom. The summed E-state index contributed by atoms with van der Waals surface area (Å²) in [4.78, 5) is 41.9. The lowest BCUT2D eigenvalue weighted by molar-refractivity contribution is -0.153. The molecule has 1 spiro atoms. The van der Waals surface area contributed by atoms with Crippen LogP contribution in [0.4, 0.5) is 0 Å². The van der Waals surface area contributed by atoms with Gasteiger partial charge in [-0.2, -0.15) is 0 Å². The number of hydrogen-bond acceptors (Lipinski definition) is 3. The van der Waals surface area contributed by atoms with E-state index in [-0.39, 0.29) is 17.9 Å². The number of carbonyl (C=O) groups is 3. The molecule has 2 fully saturated rings. The summed E-state index contributed by atoms with van der Waals surface area (Å²) < 4.78 is 0. The van der Waals surface area contributed by atoms with Gasteiger partial charge >= 0.3 is 0 Å². The predicted octanol–water partition coefficient (Wildman–Crippen LogP) is 1.85. The highest BCUT2D eigenvalue weighted by Gasteiger charge is 2.58. The van der Waals surface area contributed by atoms with Gasteiger partial charge in [0.05, 0.1) is 5.41 Å². The van der Waals surface area contributed by atoms with Crippen LogP contribution in [0.1, 0.15) is 50.7 Å². The summed E-state index contributed by atoms with van der Waals surface area (Å²) in [6.07, 6.45) is 3.08. The summed E-state index contributed by atoms with van der Waals surface area (Å²) in [6, 6.07) is 8.42. The van der Waals surface area contributed by atoms with Gasteiger partial charge in [-0.15, -0.1) is 0 Å². The number of fused-ring (bicyclic) bond motifs is 1. The molecular weight excluding hydrogens is 354 g/mol. The number of amides is 3. The van der Waals surface area contributed by atoms with Gasteiger partial charge in [-0.25, -0.2) is 0 Å². The van der Waals surface area contributed by atoms with Crippen LogP contribution in [0.3, 0.4) is 0 Å². The number of likely N-dealkylation sites (tertiary alicyclic amines) is 1. The molecule has 2 N–H and O–H groups in total. The van der Waals surface area contributed by atoms with Crippen molar-refractivity contribution in [2.75, 3.05) is 13.1 Å². The van der Waals surface area contributed by atoms with Crippen LogP contribution in [-0.4, -0.2) is 46.7 Å². The maximum atomic E-state index is 13.6. The molecule has 3 aliphatic rings. The molecule has 1 aliphatic carbocycles. The van der Waals surface area contributed by atoms with E-state index in [2.05, 4.69) is 26.0 Å². The minimum Gasteiger partial charge on any atom is -0.369 e. The Bertz CT molecular complexity index is 820. The molecule has 0 unspecified atom stereocenters. The van der Waals surface area contributed by atoms with Crippen LogP contribution >= 0.6 is 0 Å². The van der Waals surface area contributed by atoms with Crippen LogP contribution in [0, 0.1) is 10.8 Å². The zero-order valence-electron chi connectivity index (χ0n) is 16.7. The molecule has 0 bridgehead atoms. The smallest absolute Gasteiger partial charge is 0.238 e. The molecule has 28 heavy (non-hydrogen) atoms. The Labute approximate surface area is 166 Å². The van der Waals surface area contributed by atoms with E-state index in [1.54, 1.807) is 4.90 Å². The Morgan fingerprint density at radius 2 is 1.64 bits per heavy atom. The first-order chi connectivity index (χ1) is 13.3. The number of primary amides is 1. The van der Waals surface area contributed by atoms with Crippen molar-refractivity contribution in [3.63, 3.8) is 0 Å². The summed E-state index contributed by atoms with van der Waals surface area (Å²) >= 11 is 0. The highest BCUT2D eigenvalue weighted by atomic mass is 16.2. The highest BCUT2D eigenvalue weighted by molar-refractivity contribution is 6.07. The first-order valence-electron chi connectivity index (χ1n) is 10.3. The average Bonchev–Trinajstić information content (AvgIpc) is 3.49. The van der Waals surface area contributed by atoms with E-state index in [9.17, 15) is 14.4 Å². The fourth-order valence-electron chi connectivity index (χ4n) is 4.82. The first-order valence-corrected chi connectivity index (χ1v) is 10.3. The van der Waals surface area contributed by atoms with Gasteiger partial charge in [0.1, 0.15) is 5.41 Å². The lowest BCUT2D eigenvalue weighted by Gasteiger charge is -2.43. The van der Waals surface area contributed by atoms with Crippen LogP contribution in [0.25, 0.3) is 0 Å². The SMILES string of the molecule is CC(C)N1Cc2ccccc2CC2(CCN(C(=O)C3(C(N)=O)CC3)CC2)C1=O. The molecule has 4 rings (SSSR count). The fraction of sp³-hybridized carbons (Fsp3) is 0.591. The normalized spacial score (nSPS) is 22.8. The van der Waals surface area contributed by atoms with Crippen molar-refractivity contribution in [3.8, 4) is 0 Å². The second-order valence-electron chi connectivity index (χ2n) is 8.99. The molecule has 0 atom stereocenters. The number of rotatable bonds is 3. The zero-order valence-corrected chi connectivity index (χ0v) is 16.7. The van der Waals surface area contributed by atoms with Crippen LogP contribution in [0.15, 0.2) is 24.3 Å². The number of piperidine rings is 1. The summed E-state index contributed by atoms with van der Waals surface area (Å²) in [5.41, 5.74) is 6.47. The van der Waals surface area contributed by atoms with Crippen molar-refractivity contribution >= 4 is 17.7 Å². The topological polar surface area (TPSA) is 83.7 Å². The maximum absolute atomic E-state index is 13.6. The Morgan fingerprint density at radius 3 is 2.18 bits per heavy atom. The Kier molecular flexibility index (Phi) is 4.47. The third-order valence-corrected chi connectivity index (χ3v) is 6.96. The number of carbonyl (C=O) groups excluding carboxylic acids is 3. The summed E-state index contributed by atoms with van der Waals surface area (Å²) in [5, 5.41) is 0. The number of nitrogens with zero attached hydrogens (tertiary/aromatic N) is 2. The predicted molar refractivity (Wildman–Crippen MR) is 105 cm³/mol. The lowest BCUT2D eigenvalue weighted by atomic mass is 9.72. The molecule has 1 saturated heterocycles. The first kappa shape index (κ1) is 19.0. The van der Waals surface area contributed by atoms with Crippen molar-refractivity contribution < 1.29 is 14.4 Å². The Balaban J connectivity index is 1.58. The van der Waals surface area contributed by atoms with Gasteiger partial charge in [-0.1, -0.05) is 24.3 Å². The van der Waals surface area contributed by atoms with Crippen molar-refractivity contribution in [3.05, 3.63) is 35.4 Å². The second kappa shape index (κ2) is 6.61. The third kappa shape index (κ3) is 2.90. The molecule has 6 nitrogen and oxygen atoms in total. The minimum atomic E-state index is -0.978. The monoisotopic (exact) mass is 383 g/mol. The second-order valence-corrected chi connectivity index (χ2v) is 8.99. The zero-order chi connectivity index (χ0) is 20.1. The van der Waals surface area contributed by atoms with Crippen LogP contribution in [0.5, 0.6) is 0 Å². The van der Waals surface area contributed by atoms with Crippen molar-refractivity contribution in [2.24, 2.45) is 16.6 Å². The maximum Gasteiger partial charge on any atom is 0.238 e. The average molecular weight is 383 g/mol. The van der Waals surface area contributed by atoms with Gasteiger partial charge in [0, 0.05) is 25.7 Å². The van der Waals surface area contributed by atoms with Crippen molar-refractivity contribution in [1.82, 2.24) is 9.80 Å². The molecule has 1 saturated carbocycles. The van der Waals surface area contributed by atoms with Gasteiger partial charge in [0.25, 0.3) is 0 Å². The molecule has 150 valence electrons. The summed E-state index contributed by atoms with van der Waals surface area (Å²) in [7, 11) is 0. The van der Waals surface area contributed by atoms with Crippen LogP contribution < -0.4 is 5.73 Å². The number of benzene rings is 1. The van der Waals surface area contributed by atoms with Crippen molar-refractivity contribution in [2.45, 2.75) is 58.5 Å². The fourth-order valence-corrected chi connectivity index (χ4v) is 4.82. The number of nitrogens with two attached hydrogens (primary N) is 1. The van der Waals surface area contributed by atoms with Gasteiger partial charge in [-0.05, 0) is 57.1 Å². The standard InChI is InChI=1S/C22H29N3O3/c1-15(2)25-14-17-6-4-3-5-16(17)13-21(19(25)27)9-11-24(12-10-21)20(28)22(7-8-22)18(23)26/h3-6,15H,7-14H2,1-2H3,(H2,23,26). The van der Waals surface area contributed by atoms with Gasteiger partial charge in [0.2, 0.25) is 17.7 Å². The van der Waals surface area contributed by atoms with Gasteiger partial charge < -0.3 is 15.5 Å². The molecule has 0 radical (unpaired) electrons. The lowest BCUT2D eigenvalue weighted by Crippen LogP contribution is -2.54. The molecule has 1 aromatic carbocycles. The van der Waals surface area contributed by atoms with E-state index in [0.717, 1.165) is 0 Å². The highest BCUT2D eigenvalue weighted by Crippen LogP contribution is 2.48. The van der Waals surface area contributed by atoms with Gasteiger partial charge in [0.15, 0.2) is 0 Å². The molecule has 0 aromatic heterocycles. The molecule has 3 amide bonds. The molecule has 2 heterocycles. The van der Waals surface area contributed by atoms with Crippen LogP contribution in [0.2, 0.25) is 0 Å². The van der Waals surface area contributed by atoms with Crippen molar-refractivity contribution in [1.29, 1.82) is 0 Å². The summed E-state index contributed by atoms with van der Waals surface area (Å²) in [6.45, 7) is 5.77. The van der Waals surface area contributed by atoms with Crippen LogP contribution in [-0.2, 0) is 27.3 Å². The quantitative estimate of drug-likeness (QED) is 0.809. The van der Waals surface area contributed by atoms with E-state index >= 15 is 0 Å². The molecule has 6 heteroatoms. The largest absolute Gasteiger partial charge is 0.369 e. The third-order valence-electron chi connectivity index (χ3n) is 6.96. The van der Waals surface area contributed by atoms with E-state index < -0.39 is 16.7 Å². The molecular formula is C22H29N3O3. The Hall–Kier alpha value is -2.37. The molecule has 2 aliphatic heterocycles. The van der Waals surface area contributed by atoms with E-state index in [1.165, 1.54) is 11.1 Å². The molecule has 1 aromatic rings. The van der Waals surface area contributed by atoms with E-state index in [0.29, 0.717) is 51.7 Å². The summed E-state index contributed by atoms with van der Waals surface area (Å²) in [5.74, 6) is -0.456. The van der Waals surface area contributed by atoms with E-state index in [1.807, 2.05) is 17.0 Å². The number of hydrogen-bond donors (Lipinski definition) is 1. The minimum absolute atomic E-state index is 0.125. The van der Waals surface area contributed by atoms with Gasteiger partial charge in [-0.3, -0.25) is 14.4 Å².